The van der Waals surface area contributed by atoms with Crippen LogP contribution in [-0.4, -0.2) is 69.5 Å². The lowest BCUT2D eigenvalue weighted by Gasteiger charge is -2.47. The number of para-hydroxylation sites is 1. The first-order valence-electron chi connectivity index (χ1n) is 12.5. The third-order valence-corrected chi connectivity index (χ3v) is 7.48. The van der Waals surface area contributed by atoms with E-state index in [9.17, 15) is 9.59 Å². The number of aromatic amines is 1. The number of carbonyl (C=O) groups is 2. The molecule has 9 nitrogen and oxygen atoms in total. The highest BCUT2D eigenvalue weighted by molar-refractivity contribution is 5.97. The largest absolute Gasteiger partial charge is 0.497 e. The highest BCUT2D eigenvalue weighted by Crippen LogP contribution is 2.45. The van der Waals surface area contributed by atoms with Crippen LogP contribution >= 0.6 is 0 Å². The molecule has 0 saturated carbocycles. The SMILES string of the molecule is COc1ccc(OC)c(C2c3[nH]c4ccccc4c3C[C@@H]3C(=O)N(CCCn4ccnc4)CC(=O)N23)c1. The molecule has 1 fully saturated rings. The molecule has 2 atom stereocenters. The van der Waals surface area contributed by atoms with E-state index in [1.165, 1.54) is 0 Å². The van der Waals surface area contributed by atoms with Crippen LogP contribution in [0, 0.1) is 0 Å². The average molecular weight is 500 g/mol. The Morgan fingerprint density at radius 2 is 1.95 bits per heavy atom. The van der Waals surface area contributed by atoms with Gasteiger partial charge in [0, 0.05) is 54.1 Å². The van der Waals surface area contributed by atoms with Crippen LogP contribution in [0.2, 0.25) is 0 Å². The van der Waals surface area contributed by atoms with Crippen LogP contribution in [0.15, 0.2) is 61.2 Å². The van der Waals surface area contributed by atoms with Crippen molar-refractivity contribution in [2.24, 2.45) is 0 Å². The first-order chi connectivity index (χ1) is 18.1. The summed E-state index contributed by atoms with van der Waals surface area (Å²) in [6.45, 7) is 1.31. The van der Waals surface area contributed by atoms with E-state index in [4.69, 9.17) is 9.47 Å². The van der Waals surface area contributed by atoms with Gasteiger partial charge in [-0.1, -0.05) is 18.2 Å². The second-order valence-electron chi connectivity index (χ2n) is 9.51. The van der Waals surface area contributed by atoms with E-state index in [0.29, 0.717) is 24.5 Å². The number of aromatic nitrogens is 3. The molecule has 190 valence electrons. The summed E-state index contributed by atoms with van der Waals surface area (Å²) in [6.07, 6.45) is 6.60. The fourth-order valence-electron chi connectivity index (χ4n) is 5.75. The highest BCUT2D eigenvalue weighted by atomic mass is 16.5. The molecular formula is C28H29N5O4. The molecule has 0 spiro atoms. The summed E-state index contributed by atoms with van der Waals surface area (Å²) in [6, 6.07) is 12.6. The third kappa shape index (κ3) is 3.91. The van der Waals surface area contributed by atoms with Crippen LogP contribution in [0.4, 0.5) is 0 Å². The monoisotopic (exact) mass is 499 g/mol. The number of hydrogen-bond acceptors (Lipinski definition) is 5. The molecule has 4 heterocycles. The Balaban J connectivity index is 1.41. The van der Waals surface area contributed by atoms with Gasteiger partial charge in [0.2, 0.25) is 11.8 Å². The number of H-pyrrole nitrogens is 1. The van der Waals surface area contributed by atoms with Gasteiger partial charge in [-0.05, 0) is 36.2 Å². The lowest BCUT2D eigenvalue weighted by molar-refractivity contribution is -0.158. The van der Waals surface area contributed by atoms with Crippen LogP contribution in [0.1, 0.15) is 29.3 Å². The summed E-state index contributed by atoms with van der Waals surface area (Å²) < 4.78 is 13.2. The van der Waals surface area contributed by atoms with E-state index in [2.05, 4.69) is 16.0 Å². The zero-order valence-electron chi connectivity index (χ0n) is 20.9. The Morgan fingerprint density at radius 1 is 1.08 bits per heavy atom. The van der Waals surface area contributed by atoms with E-state index < -0.39 is 12.1 Å². The highest BCUT2D eigenvalue weighted by Gasteiger charge is 2.48. The number of hydrogen-bond donors (Lipinski definition) is 1. The molecule has 2 aliphatic heterocycles. The third-order valence-electron chi connectivity index (χ3n) is 7.48. The van der Waals surface area contributed by atoms with E-state index >= 15 is 0 Å². The van der Waals surface area contributed by atoms with Gasteiger partial charge in [0.1, 0.15) is 23.6 Å². The molecular weight excluding hydrogens is 470 g/mol. The fraction of sp³-hybridized carbons (Fsp3) is 0.321. The summed E-state index contributed by atoms with van der Waals surface area (Å²) in [4.78, 5) is 38.7. The van der Waals surface area contributed by atoms with Crippen molar-refractivity contribution < 1.29 is 19.1 Å². The Hall–Kier alpha value is -4.27. The molecule has 1 saturated heterocycles. The Kier molecular flexibility index (Phi) is 5.82. The Morgan fingerprint density at radius 3 is 2.73 bits per heavy atom. The van der Waals surface area contributed by atoms with Crippen molar-refractivity contribution >= 4 is 22.7 Å². The number of amides is 2. The number of ether oxygens (including phenoxy) is 2. The van der Waals surface area contributed by atoms with Gasteiger partial charge >= 0.3 is 0 Å². The molecule has 4 aromatic rings. The first-order valence-corrected chi connectivity index (χ1v) is 12.5. The Labute approximate surface area is 214 Å². The van der Waals surface area contributed by atoms with Gasteiger partial charge in [-0.15, -0.1) is 0 Å². The predicted octanol–water partition coefficient (Wildman–Crippen LogP) is 3.16. The van der Waals surface area contributed by atoms with Gasteiger partial charge in [0.15, 0.2) is 0 Å². The summed E-state index contributed by atoms with van der Waals surface area (Å²) in [5, 5.41) is 1.07. The Bertz CT molecular complexity index is 1460. The van der Waals surface area contributed by atoms with Crippen LogP contribution in [0.5, 0.6) is 11.5 Å². The van der Waals surface area contributed by atoms with Crippen molar-refractivity contribution in [3.05, 3.63) is 78.0 Å². The zero-order valence-corrected chi connectivity index (χ0v) is 20.9. The summed E-state index contributed by atoms with van der Waals surface area (Å²) in [5.41, 5.74) is 3.75. The normalized spacial score (nSPS) is 19.2. The van der Waals surface area contributed by atoms with Crippen molar-refractivity contribution in [1.29, 1.82) is 0 Å². The number of nitrogens with one attached hydrogen (secondary N) is 1. The van der Waals surface area contributed by atoms with Gasteiger partial charge in [-0.2, -0.15) is 0 Å². The minimum atomic E-state index is -0.595. The van der Waals surface area contributed by atoms with Gasteiger partial charge in [0.05, 0.1) is 27.1 Å². The van der Waals surface area contributed by atoms with Gasteiger partial charge in [-0.3, -0.25) is 9.59 Å². The van der Waals surface area contributed by atoms with E-state index in [-0.39, 0.29) is 18.4 Å². The van der Waals surface area contributed by atoms with Crippen molar-refractivity contribution in [2.45, 2.75) is 31.5 Å². The van der Waals surface area contributed by atoms with Gasteiger partial charge in [-0.25, -0.2) is 4.98 Å². The quantitative estimate of drug-likeness (QED) is 0.422. The van der Waals surface area contributed by atoms with Crippen LogP contribution in [0.25, 0.3) is 10.9 Å². The summed E-state index contributed by atoms with van der Waals surface area (Å²) in [7, 11) is 3.23. The number of rotatable bonds is 7. The number of methoxy groups -OCH3 is 2. The average Bonchev–Trinajstić information content (AvgIpc) is 3.57. The second kappa shape index (κ2) is 9.31. The number of benzene rings is 2. The molecule has 0 radical (unpaired) electrons. The molecule has 6 rings (SSSR count). The van der Waals surface area contributed by atoms with Crippen LogP contribution in [0.3, 0.4) is 0 Å². The number of aryl methyl sites for hydroxylation is 1. The van der Waals surface area contributed by atoms with E-state index in [1.54, 1.807) is 36.5 Å². The molecule has 0 bridgehead atoms. The molecule has 1 unspecified atom stereocenters. The topological polar surface area (TPSA) is 92.7 Å². The van der Waals surface area contributed by atoms with Crippen LogP contribution < -0.4 is 9.47 Å². The molecule has 2 amide bonds. The molecule has 2 aromatic heterocycles. The first kappa shape index (κ1) is 23.1. The standard InChI is InChI=1S/C28H29N5O4/c1-36-18-8-9-24(37-2)21(14-18)27-26-20(19-6-3-4-7-22(19)30-26)15-23-28(35)32(16-25(34)33(23)27)12-5-11-31-13-10-29-17-31/h3-4,6-10,13-14,17,23,27,30H,5,11-12,15-16H2,1-2H3/t23-,27?/m1/s1. The number of imidazole rings is 1. The van der Waals surface area contributed by atoms with Gasteiger partial charge in [0.25, 0.3) is 0 Å². The number of fused-ring (bicyclic) bond motifs is 4. The number of piperazine rings is 1. The minimum Gasteiger partial charge on any atom is -0.497 e. The predicted molar refractivity (Wildman–Crippen MR) is 137 cm³/mol. The van der Waals surface area contributed by atoms with Crippen molar-refractivity contribution in [2.75, 3.05) is 27.3 Å². The lowest BCUT2D eigenvalue weighted by Crippen LogP contribution is -2.63. The van der Waals surface area contributed by atoms with E-state index in [0.717, 1.165) is 40.7 Å². The molecule has 0 aliphatic carbocycles. The van der Waals surface area contributed by atoms with Crippen LogP contribution in [-0.2, 0) is 22.6 Å². The summed E-state index contributed by atoms with van der Waals surface area (Å²) in [5.74, 6) is 1.20. The smallest absolute Gasteiger partial charge is 0.246 e. The number of carbonyl (C=O) groups excluding carboxylic acids is 2. The molecule has 2 aliphatic rings. The second-order valence-corrected chi connectivity index (χ2v) is 9.51. The molecule has 37 heavy (non-hydrogen) atoms. The molecule has 2 aromatic carbocycles. The van der Waals surface area contributed by atoms with Crippen molar-refractivity contribution in [1.82, 2.24) is 24.3 Å². The maximum absolute atomic E-state index is 13.9. The van der Waals surface area contributed by atoms with Crippen molar-refractivity contribution in [3.63, 3.8) is 0 Å². The zero-order chi connectivity index (χ0) is 25.5. The maximum atomic E-state index is 13.9. The molecule has 1 N–H and O–H groups in total. The number of nitrogens with zero attached hydrogens (tertiary/aromatic N) is 4. The van der Waals surface area contributed by atoms with E-state index in [1.807, 2.05) is 47.2 Å². The minimum absolute atomic E-state index is 0.0203. The lowest BCUT2D eigenvalue weighted by atomic mass is 9.85. The maximum Gasteiger partial charge on any atom is 0.246 e. The summed E-state index contributed by atoms with van der Waals surface area (Å²) >= 11 is 0. The molecule has 9 heteroatoms. The van der Waals surface area contributed by atoms with Gasteiger partial charge < -0.3 is 28.8 Å². The fourth-order valence-corrected chi connectivity index (χ4v) is 5.75. The van der Waals surface area contributed by atoms with Crippen molar-refractivity contribution in [3.8, 4) is 11.5 Å².